The summed E-state index contributed by atoms with van der Waals surface area (Å²) in [4.78, 5) is 33.6. The number of carbonyl (C=O) groups excluding carboxylic acids is 1. The van der Waals surface area contributed by atoms with Gasteiger partial charge in [0, 0.05) is 51.4 Å². The van der Waals surface area contributed by atoms with E-state index in [-0.39, 0.29) is 17.8 Å². The smallest absolute Gasteiger partial charge is 0.271 e. The van der Waals surface area contributed by atoms with Crippen molar-refractivity contribution in [2.45, 2.75) is 70.1 Å². The summed E-state index contributed by atoms with van der Waals surface area (Å²) < 4.78 is 0. The zero-order chi connectivity index (χ0) is 27.4. The van der Waals surface area contributed by atoms with Crippen LogP contribution in [0, 0.1) is 0 Å². The van der Waals surface area contributed by atoms with Crippen LogP contribution >= 0.6 is 0 Å². The predicted molar refractivity (Wildman–Crippen MR) is 154 cm³/mol. The molecule has 3 aliphatic rings. The molecule has 11 nitrogen and oxygen atoms in total. The van der Waals surface area contributed by atoms with Crippen molar-refractivity contribution < 1.29 is 9.90 Å². The van der Waals surface area contributed by atoms with Gasteiger partial charge in [-0.1, -0.05) is 6.92 Å². The zero-order valence-corrected chi connectivity index (χ0v) is 23.3. The topological polar surface area (TPSA) is 136 Å². The van der Waals surface area contributed by atoms with Gasteiger partial charge in [-0.05, 0) is 64.1 Å². The number of aliphatic hydroxyl groups excluding tert-OH is 1. The molecule has 2 aromatic rings. The Morgan fingerprint density at radius 2 is 1.72 bits per heavy atom. The molecule has 0 spiro atoms. The van der Waals surface area contributed by atoms with E-state index >= 15 is 0 Å². The van der Waals surface area contributed by atoms with Crippen molar-refractivity contribution in [3.63, 3.8) is 0 Å². The fourth-order valence-corrected chi connectivity index (χ4v) is 5.95. The Morgan fingerprint density at radius 3 is 2.33 bits per heavy atom. The summed E-state index contributed by atoms with van der Waals surface area (Å²) in [5, 5.41) is 16.5. The second-order valence-corrected chi connectivity index (χ2v) is 11.2. The van der Waals surface area contributed by atoms with Crippen LogP contribution in [0.2, 0.25) is 0 Å². The number of nitrogens with two attached hydrogens (primary N) is 1. The molecule has 0 unspecified atom stereocenters. The highest BCUT2D eigenvalue weighted by atomic mass is 16.3. The molecule has 4 heterocycles. The van der Waals surface area contributed by atoms with E-state index in [1.807, 2.05) is 19.2 Å². The molecule has 39 heavy (non-hydrogen) atoms. The number of hydrogen-bond donors (Lipinski definition) is 4. The van der Waals surface area contributed by atoms with E-state index in [2.05, 4.69) is 48.4 Å². The molecule has 5 N–H and O–H groups in total. The fraction of sp³-hybridized carbons (Fsp3) is 0.643. The summed E-state index contributed by atoms with van der Waals surface area (Å²) in [7, 11) is 2.20. The normalized spacial score (nSPS) is 23.5. The maximum Gasteiger partial charge on any atom is 0.271 e. The van der Waals surface area contributed by atoms with E-state index in [9.17, 15) is 9.90 Å². The number of nitrogens with zero attached hydrogens (tertiary/aromatic N) is 6. The molecule has 2 aromatic heterocycles. The first-order valence-corrected chi connectivity index (χ1v) is 14.5. The molecule has 3 fully saturated rings. The summed E-state index contributed by atoms with van der Waals surface area (Å²) in [6.45, 7) is 8.67. The molecular formula is C28H43N9O2. The zero-order valence-electron chi connectivity index (χ0n) is 23.3. The second kappa shape index (κ2) is 12.4. The van der Waals surface area contributed by atoms with E-state index in [0.717, 1.165) is 57.5 Å². The van der Waals surface area contributed by atoms with Gasteiger partial charge in [0.25, 0.3) is 5.91 Å². The number of amides is 1. The van der Waals surface area contributed by atoms with Gasteiger partial charge in [-0.25, -0.2) is 15.0 Å². The van der Waals surface area contributed by atoms with Crippen LogP contribution in [-0.2, 0) is 6.42 Å². The fourth-order valence-electron chi connectivity index (χ4n) is 5.95. The standard InChI is InChI=1S/C28H43N9O2/c1-3-23-27(31-19-4-7-22(38)8-5-19)34-28(25(32-23)26(29)39)33-24-9-6-21(18-30-24)36-12-10-20(11-13-36)37-16-14-35(2)15-17-37/h6,9,18-20,22,38H,3-5,7-8,10-17H2,1-2H3,(H2,29,39)(H2,30,31,33,34). The Balaban J connectivity index is 1.24. The average molecular weight is 538 g/mol. The summed E-state index contributed by atoms with van der Waals surface area (Å²) in [5.74, 6) is 0.892. The van der Waals surface area contributed by atoms with Crippen molar-refractivity contribution in [1.29, 1.82) is 0 Å². The highest BCUT2D eigenvalue weighted by molar-refractivity contribution is 5.96. The summed E-state index contributed by atoms with van der Waals surface area (Å²) in [5.41, 5.74) is 7.57. The number of aliphatic hydroxyl groups is 1. The summed E-state index contributed by atoms with van der Waals surface area (Å²) >= 11 is 0. The van der Waals surface area contributed by atoms with Crippen molar-refractivity contribution in [3.8, 4) is 0 Å². The average Bonchev–Trinajstić information content (AvgIpc) is 2.95. The number of aryl methyl sites for hydroxylation is 1. The first-order chi connectivity index (χ1) is 18.9. The maximum atomic E-state index is 12.2. The van der Waals surface area contributed by atoms with Crippen LogP contribution in [0.25, 0.3) is 0 Å². The van der Waals surface area contributed by atoms with Gasteiger partial charge in [0.05, 0.1) is 23.7 Å². The predicted octanol–water partition coefficient (Wildman–Crippen LogP) is 2.21. The van der Waals surface area contributed by atoms with Gasteiger partial charge in [-0.2, -0.15) is 0 Å². The number of piperidine rings is 1. The van der Waals surface area contributed by atoms with Crippen molar-refractivity contribution in [1.82, 2.24) is 24.8 Å². The van der Waals surface area contributed by atoms with Gasteiger partial charge in [-0.3, -0.25) is 9.69 Å². The van der Waals surface area contributed by atoms with Crippen molar-refractivity contribution in [2.75, 3.05) is 61.8 Å². The molecule has 0 bridgehead atoms. The first-order valence-electron chi connectivity index (χ1n) is 14.5. The summed E-state index contributed by atoms with van der Waals surface area (Å²) in [6.07, 6.45) is 7.85. The van der Waals surface area contributed by atoms with Gasteiger partial charge in [0.15, 0.2) is 17.3 Å². The van der Waals surface area contributed by atoms with Gasteiger partial charge in [-0.15, -0.1) is 0 Å². The quantitative estimate of drug-likeness (QED) is 0.397. The van der Waals surface area contributed by atoms with Crippen molar-refractivity contribution in [3.05, 3.63) is 29.7 Å². The molecule has 0 aromatic carbocycles. The number of rotatable bonds is 8. The summed E-state index contributed by atoms with van der Waals surface area (Å²) in [6, 6.07) is 4.85. The minimum absolute atomic E-state index is 0.105. The molecule has 11 heteroatoms. The molecule has 0 atom stereocenters. The SMILES string of the molecule is CCc1nc(C(N)=O)c(Nc2ccc(N3CCC(N4CCN(C)CC4)CC3)cn2)nc1NC1CCC(O)CC1. The largest absolute Gasteiger partial charge is 0.393 e. The number of piperazine rings is 1. The highest BCUT2D eigenvalue weighted by Crippen LogP contribution is 2.28. The Morgan fingerprint density at radius 1 is 1.00 bits per heavy atom. The van der Waals surface area contributed by atoms with Crippen LogP contribution in [0.5, 0.6) is 0 Å². The third kappa shape index (κ3) is 6.77. The number of aromatic nitrogens is 3. The number of anilines is 4. The van der Waals surface area contributed by atoms with Gasteiger partial charge in [0.1, 0.15) is 5.82 Å². The van der Waals surface area contributed by atoms with Crippen LogP contribution in [0.15, 0.2) is 18.3 Å². The number of primary amides is 1. The van der Waals surface area contributed by atoms with Gasteiger partial charge < -0.3 is 31.3 Å². The lowest BCUT2D eigenvalue weighted by Gasteiger charge is -2.42. The minimum Gasteiger partial charge on any atom is -0.393 e. The molecule has 1 saturated carbocycles. The first kappa shape index (κ1) is 27.5. The Labute approximate surface area is 231 Å². The van der Waals surface area contributed by atoms with Gasteiger partial charge in [0.2, 0.25) is 0 Å². The lowest BCUT2D eigenvalue weighted by atomic mass is 9.93. The molecule has 5 rings (SSSR count). The number of pyridine rings is 1. The highest BCUT2D eigenvalue weighted by Gasteiger charge is 2.27. The van der Waals surface area contributed by atoms with Crippen LogP contribution in [0.4, 0.5) is 23.1 Å². The minimum atomic E-state index is -0.633. The van der Waals surface area contributed by atoms with E-state index < -0.39 is 5.91 Å². The lowest BCUT2D eigenvalue weighted by Crippen LogP contribution is -2.52. The van der Waals surface area contributed by atoms with Crippen LogP contribution in [0.3, 0.4) is 0 Å². The lowest BCUT2D eigenvalue weighted by molar-refractivity contribution is 0.0982. The van der Waals surface area contributed by atoms with Crippen molar-refractivity contribution in [2.24, 2.45) is 5.73 Å². The Hall–Kier alpha value is -3.02. The van der Waals surface area contributed by atoms with E-state index in [4.69, 9.17) is 10.7 Å². The van der Waals surface area contributed by atoms with E-state index in [1.54, 1.807) is 0 Å². The van der Waals surface area contributed by atoms with Crippen LogP contribution in [-0.4, -0.2) is 100 Å². The monoisotopic (exact) mass is 537 g/mol. The van der Waals surface area contributed by atoms with E-state index in [1.165, 1.54) is 25.9 Å². The second-order valence-electron chi connectivity index (χ2n) is 11.2. The van der Waals surface area contributed by atoms with E-state index in [0.29, 0.717) is 35.6 Å². The van der Waals surface area contributed by atoms with Crippen LogP contribution in [0.1, 0.15) is 61.6 Å². The number of hydrogen-bond acceptors (Lipinski definition) is 10. The number of likely N-dealkylation sites (N-methyl/N-ethyl adjacent to an activating group) is 1. The molecule has 1 amide bonds. The molecule has 0 radical (unpaired) electrons. The molecule has 1 aliphatic carbocycles. The Kier molecular flexibility index (Phi) is 8.79. The third-order valence-electron chi connectivity index (χ3n) is 8.45. The third-order valence-corrected chi connectivity index (χ3v) is 8.45. The van der Waals surface area contributed by atoms with Crippen LogP contribution < -0.4 is 21.3 Å². The molecule has 2 aliphatic heterocycles. The number of carbonyl (C=O) groups is 1. The molecule has 212 valence electrons. The molecule has 2 saturated heterocycles. The molecular weight excluding hydrogens is 494 g/mol. The van der Waals surface area contributed by atoms with Crippen molar-refractivity contribution >= 4 is 29.0 Å². The Bertz CT molecular complexity index is 1100. The maximum absolute atomic E-state index is 12.2. The van der Waals surface area contributed by atoms with Gasteiger partial charge >= 0.3 is 0 Å². The number of nitrogens with one attached hydrogen (secondary N) is 2.